The van der Waals surface area contributed by atoms with Crippen molar-refractivity contribution in [3.63, 3.8) is 0 Å². The molecule has 0 aromatic heterocycles. The summed E-state index contributed by atoms with van der Waals surface area (Å²) in [5.74, 6) is 0. The zero-order valence-electron chi connectivity index (χ0n) is 8.54. The van der Waals surface area contributed by atoms with Crippen molar-refractivity contribution in [2.75, 3.05) is 0 Å². The Balaban J connectivity index is 2.22. The molecule has 0 bridgehead atoms. The molecule has 79 valence electrons. The highest BCUT2D eigenvalue weighted by Gasteiger charge is 2.05. The second kappa shape index (κ2) is 4.57. The van der Waals surface area contributed by atoms with E-state index in [1.54, 1.807) is 12.1 Å². The Morgan fingerprint density at radius 1 is 0.938 bits per heavy atom. The number of nitrogens with zero attached hydrogens (tertiary/aromatic N) is 1. The predicted molar refractivity (Wildman–Crippen MR) is 62.0 cm³/mol. The quantitative estimate of drug-likeness (QED) is 0.579. The lowest BCUT2D eigenvalue weighted by molar-refractivity contribution is -0.384. The van der Waals surface area contributed by atoms with Crippen molar-refractivity contribution in [1.82, 2.24) is 0 Å². The van der Waals surface area contributed by atoms with Gasteiger partial charge in [-0.3, -0.25) is 10.1 Å². The molecule has 2 aromatic rings. The van der Waals surface area contributed by atoms with Crippen molar-refractivity contribution >= 4 is 5.69 Å². The van der Waals surface area contributed by atoms with Gasteiger partial charge >= 0.3 is 0 Å². The number of rotatable bonds is 3. The summed E-state index contributed by atoms with van der Waals surface area (Å²) in [5.41, 5.74) is 1.98. The molecule has 0 aliphatic heterocycles. The van der Waals surface area contributed by atoms with Crippen molar-refractivity contribution in [2.24, 2.45) is 0 Å². The van der Waals surface area contributed by atoms with Gasteiger partial charge in [0.2, 0.25) is 0 Å². The lowest BCUT2D eigenvalue weighted by Crippen LogP contribution is -1.90. The van der Waals surface area contributed by atoms with Crippen molar-refractivity contribution < 1.29 is 4.92 Å². The Morgan fingerprint density at radius 2 is 1.62 bits per heavy atom. The number of benzene rings is 2. The van der Waals surface area contributed by atoms with Gasteiger partial charge in [-0.15, -0.1) is 0 Å². The third-order valence-corrected chi connectivity index (χ3v) is 2.21. The second-order valence-corrected chi connectivity index (χ2v) is 3.41. The molecule has 0 saturated heterocycles. The van der Waals surface area contributed by atoms with Gasteiger partial charge in [-0.25, -0.2) is 0 Å². The lowest BCUT2D eigenvalue weighted by atomic mass is 10.0. The monoisotopic (exact) mass is 212 g/mol. The third kappa shape index (κ3) is 2.45. The van der Waals surface area contributed by atoms with E-state index >= 15 is 0 Å². The van der Waals surface area contributed by atoms with Crippen molar-refractivity contribution in [1.29, 1.82) is 0 Å². The van der Waals surface area contributed by atoms with E-state index in [2.05, 4.69) is 0 Å². The number of nitro groups is 1. The van der Waals surface area contributed by atoms with E-state index in [1.165, 1.54) is 6.07 Å². The topological polar surface area (TPSA) is 43.1 Å². The second-order valence-electron chi connectivity index (χ2n) is 3.41. The third-order valence-electron chi connectivity index (χ3n) is 2.21. The van der Waals surface area contributed by atoms with Crippen LogP contribution in [0.15, 0.2) is 54.6 Å². The van der Waals surface area contributed by atoms with Crippen LogP contribution >= 0.6 is 0 Å². The summed E-state index contributed by atoms with van der Waals surface area (Å²) in [6.45, 7) is 0. The van der Waals surface area contributed by atoms with Crippen molar-refractivity contribution in [3.8, 4) is 0 Å². The molecule has 0 heterocycles. The van der Waals surface area contributed by atoms with Crippen LogP contribution in [0.3, 0.4) is 0 Å². The van der Waals surface area contributed by atoms with Gasteiger partial charge in [-0.05, 0) is 11.1 Å². The maximum absolute atomic E-state index is 10.6. The molecule has 0 atom stereocenters. The van der Waals surface area contributed by atoms with Crippen molar-refractivity contribution in [2.45, 2.75) is 0 Å². The molecule has 3 heteroatoms. The largest absolute Gasteiger partial charge is 0.269 e. The van der Waals surface area contributed by atoms with Gasteiger partial charge < -0.3 is 0 Å². The molecule has 0 aliphatic carbocycles. The SMILES string of the molecule is O=[N+]([O-])c1cccc([CH]c2ccccc2)c1. The van der Waals surface area contributed by atoms with E-state index in [0.29, 0.717) is 0 Å². The molecule has 1 radical (unpaired) electrons. The first-order chi connectivity index (χ1) is 7.75. The Hall–Kier alpha value is -2.16. The average Bonchev–Trinajstić information content (AvgIpc) is 2.30. The standard InChI is InChI=1S/C13H10NO2/c15-14(16)13-8-4-7-12(10-13)9-11-5-2-1-3-6-11/h1-10H. The van der Waals surface area contributed by atoms with Crippen LogP contribution in [-0.4, -0.2) is 4.92 Å². The van der Waals surface area contributed by atoms with Crippen LogP contribution in [-0.2, 0) is 0 Å². The predicted octanol–water partition coefficient (Wildman–Crippen LogP) is 3.20. The number of hydrogen-bond acceptors (Lipinski definition) is 2. The van der Waals surface area contributed by atoms with Crippen LogP contribution in [0.4, 0.5) is 5.69 Å². The van der Waals surface area contributed by atoms with Crippen LogP contribution in [0.2, 0.25) is 0 Å². The summed E-state index contributed by atoms with van der Waals surface area (Å²) in [7, 11) is 0. The Labute approximate surface area is 93.5 Å². The number of nitro benzene ring substituents is 1. The fourth-order valence-corrected chi connectivity index (χ4v) is 1.47. The van der Waals surface area contributed by atoms with Gasteiger partial charge in [0, 0.05) is 18.6 Å². The molecular weight excluding hydrogens is 202 g/mol. The van der Waals surface area contributed by atoms with E-state index in [1.807, 2.05) is 42.8 Å². The minimum Gasteiger partial charge on any atom is -0.258 e. The first kappa shape index (κ1) is 10.4. The number of non-ortho nitro benzene ring substituents is 1. The molecule has 0 fully saturated rings. The minimum atomic E-state index is -0.387. The van der Waals surface area contributed by atoms with Crippen LogP contribution in [0.25, 0.3) is 0 Å². The van der Waals surface area contributed by atoms with Gasteiger partial charge in [0.15, 0.2) is 0 Å². The summed E-state index contributed by atoms with van der Waals surface area (Å²) < 4.78 is 0. The summed E-state index contributed by atoms with van der Waals surface area (Å²) in [4.78, 5) is 10.2. The molecule has 3 nitrogen and oxygen atoms in total. The zero-order valence-corrected chi connectivity index (χ0v) is 8.54. The van der Waals surface area contributed by atoms with Crippen molar-refractivity contribution in [3.05, 3.63) is 82.3 Å². The lowest BCUT2D eigenvalue weighted by Gasteiger charge is -2.00. The molecule has 0 saturated carbocycles. The van der Waals surface area contributed by atoms with E-state index in [-0.39, 0.29) is 10.6 Å². The molecule has 0 aliphatic rings. The van der Waals surface area contributed by atoms with Crippen LogP contribution in [0.1, 0.15) is 11.1 Å². The maximum Gasteiger partial charge on any atom is 0.269 e. The van der Waals surface area contributed by atoms with Gasteiger partial charge in [0.25, 0.3) is 5.69 Å². The fraction of sp³-hybridized carbons (Fsp3) is 0. The van der Waals surface area contributed by atoms with Gasteiger partial charge in [-0.2, -0.15) is 0 Å². The number of hydrogen-bond donors (Lipinski definition) is 0. The summed E-state index contributed by atoms with van der Waals surface area (Å²) in [6, 6.07) is 16.3. The fourth-order valence-electron chi connectivity index (χ4n) is 1.47. The van der Waals surface area contributed by atoms with Gasteiger partial charge in [0.1, 0.15) is 0 Å². The van der Waals surface area contributed by atoms with Gasteiger partial charge in [0.05, 0.1) is 4.92 Å². The minimum absolute atomic E-state index is 0.115. The van der Waals surface area contributed by atoms with E-state index in [0.717, 1.165) is 11.1 Å². The van der Waals surface area contributed by atoms with Crippen LogP contribution in [0.5, 0.6) is 0 Å². The highest BCUT2D eigenvalue weighted by Crippen LogP contribution is 2.17. The van der Waals surface area contributed by atoms with E-state index in [9.17, 15) is 10.1 Å². The molecule has 2 rings (SSSR count). The Bertz CT molecular complexity index is 494. The van der Waals surface area contributed by atoms with E-state index in [4.69, 9.17) is 0 Å². The summed E-state index contributed by atoms with van der Waals surface area (Å²) in [5, 5.41) is 10.6. The van der Waals surface area contributed by atoms with Crippen LogP contribution < -0.4 is 0 Å². The van der Waals surface area contributed by atoms with E-state index < -0.39 is 0 Å². The summed E-state index contributed by atoms with van der Waals surface area (Å²) >= 11 is 0. The molecule has 16 heavy (non-hydrogen) atoms. The Kier molecular flexibility index (Phi) is 2.96. The highest BCUT2D eigenvalue weighted by molar-refractivity contribution is 5.43. The normalized spacial score (nSPS) is 10.0. The summed E-state index contributed by atoms with van der Waals surface area (Å²) in [6.07, 6.45) is 1.91. The molecule has 0 spiro atoms. The molecule has 2 aromatic carbocycles. The molecular formula is C13H10NO2. The van der Waals surface area contributed by atoms with Crippen LogP contribution in [0, 0.1) is 16.5 Å². The maximum atomic E-state index is 10.6. The molecule has 0 amide bonds. The van der Waals surface area contributed by atoms with Gasteiger partial charge in [-0.1, -0.05) is 42.5 Å². The smallest absolute Gasteiger partial charge is 0.258 e. The molecule has 0 N–H and O–H groups in total. The average molecular weight is 212 g/mol. The molecule has 0 unspecified atom stereocenters. The first-order valence-corrected chi connectivity index (χ1v) is 4.90. The zero-order chi connectivity index (χ0) is 11.4. The Morgan fingerprint density at radius 3 is 2.31 bits per heavy atom. The highest BCUT2D eigenvalue weighted by atomic mass is 16.6. The first-order valence-electron chi connectivity index (χ1n) is 4.90.